The molecule has 2 aromatic rings. The number of oxime groups is 1. The summed E-state index contributed by atoms with van der Waals surface area (Å²) in [6.07, 6.45) is 0. The van der Waals surface area contributed by atoms with Crippen LogP contribution in [-0.4, -0.2) is 11.0 Å². The summed E-state index contributed by atoms with van der Waals surface area (Å²) in [4.78, 5) is 0. The summed E-state index contributed by atoms with van der Waals surface area (Å²) in [5, 5.41) is 14.9. The Kier molecular flexibility index (Phi) is 4.57. The van der Waals surface area contributed by atoms with Crippen LogP contribution in [0.5, 0.6) is 0 Å². The number of halogens is 2. The first-order valence-electron chi connectivity index (χ1n) is 5.86. The van der Waals surface area contributed by atoms with E-state index in [1.165, 1.54) is 12.1 Å². The maximum atomic E-state index is 13.3. The van der Waals surface area contributed by atoms with E-state index in [9.17, 15) is 4.39 Å². The number of anilines is 1. The summed E-state index contributed by atoms with van der Waals surface area (Å²) in [7, 11) is 0. The second-order valence-corrected chi connectivity index (χ2v) is 4.97. The van der Waals surface area contributed by atoms with E-state index < -0.39 is 5.82 Å². The van der Waals surface area contributed by atoms with E-state index in [1.807, 2.05) is 24.3 Å². The highest BCUT2D eigenvalue weighted by Gasteiger charge is 2.09. The monoisotopic (exact) mass is 337 g/mol. The first-order chi connectivity index (χ1) is 9.61. The SMILES string of the molecule is NC(=NO)c1cc(F)ccc1CNc1ccccc1Br. The molecule has 4 N–H and O–H groups in total. The van der Waals surface area contributed by atoms with Gasteiger partial charge in [-0.25, -0.2) is 4.39 Å². The highest BCUT2D eigenvalue weighted by Crippen LogP contribution is 2.22. The van der Waals surface area contributed by atoms with Crippen molar-refractivity contribution in [1.82, 2.24) is 0 Å². The molecule has 0 aliphatic rings. The molecule has 2 rings (SSSR count). The van der Waals surface area contributed by atoms with Gasteiger partial charge in [0, 0.05) is 22.3 Å². The molecule has 0 amide bonds. The number of nitrogens with one attached hydrogen (secondary N) is 1. The average molecular weight is 338 g/mol. The molecule has 0 atom stereocenters. The van der Waals surface area contributed by atoms with E-state index in [2.05, 4.69) is 26.4 Å². The topological polar surface area (TPSA) is 70.6 Å². The van der Waals surface area contributed by atoms with Crippen molar-refractivity contribution in [3.63, 3.8) is 0 Å². The Labute approximate surface area is 124 Å². The van der Waals surface area contributed by atoms with E-state index in [4.69, 9.17) is 10.9 Å². The number of hydrogen-bond donors (Lipinski definition) is 3. The molecule has 0 aliphatic heterocycles. The number of benzene rings is 2. The zero-order valence-electron chi connectivity index (χ0n) is 10.5. The van der Waals surface area contributed by atoms with Crippen LogP contribution in [0.25, 0.3) is 0 Å². The first kappa shape index (κ1) is 14.3. The molecule has 0 aromatic heterocycles. The van der Waals surface area contributed by atoms with Crippen LogP contribution in [0.15, 0.2) is 52.1 Å². The quantitative estimate of drug-likeness (QED) is 0.347. The second-order valence-electron chi connectivity index (χ2n) is 4.12. The summed E-state index contributed by atoms with van der Waals surface area (Å²) in [6.45, 7) is 0.425. The van der Waals surface area contributed by atoms with Gasteiger partial charge in [-0.15, -0.1) is 0 Å². The van der Waals surface area contributed by atoms with Gasteiger partial charge in [0.05, 0.1) is 0 Å². The molecule has 0 unspecified atom stereocenters. The Morgan fingerprint density at radius 2 is 2.05 bits per heavy atom. The molecule has 0 saturated carbocycles. The van der Waals surface area contributed by atoms with Gasteiger partial charge in [-0.1, -0.05) is 23.4 Å². The summed E-state index contributed by atoms with van der Waals surface area (Å²) in [5.41, 5.74) is 7.57. The molecule has 0 aliphatic carbocycles. The van der Waals surface area contributed by atoms with E-state index in [-0.39, 0.29) is 5.84 Å². The molecule has 6 heteroatoms. The summed E-state index contributed by atoms with van der Waals surface area (Å²) >= 11 is 3.43. The average Bonchev–Trinajstić information content (AvgIpc) is 2.46. The second kappa shape index (κ2) is 6.38. The Hall–Kier alpha value is -2.08. The molecule has 0 spiro atoms. The highest BCUT2D eigenvalue weighted by molar-refractivity contribution is 9.10. The molecule has 0 radical (unpaired) electrons. The zero-order valence-corrected chi connectivity index (χ0v) is 12.1. The number of para-hydroxylation sites is 1. The smallest absolute Gasteiger partial charge is 0.170 e. The van der Waals surface area contributed by atoms with Gasteiger partial charge < -0.3 is 16.3 Å². The van der Waals surface area contributed by atoms with Crippen LogP contribution >= 0.6 is 15.9 Å². The van der Waals surface area contributed by atoms with E-state index >= 15 is 0 Å². The Morgan fingerprint density at radius 3 is 2.75 bits per heavy atom. The third kappa shape index (κ3) is 3.27. The number of amidine groups is 1. The van der Waals surface area contributed by atoms with Crippen molar-refractivity contribution in [3.05, 3.63) is 63.9 Å². The summed E-state index contributed by atoms with van der Waals surface area (Å²) < 4.78 is 14.2. The molecule has 104 valence electrons. The molecule has 2 aromatic carbocycles. The standard InChI is InChI=1S/C14H13BrFN3O/c15-12-3-1-2-4-13(12)18-8-9-5-6-10(16)7-11(9)14(17)19-20/h1-7,18,20H,8H2,(H2,17,19). The number of hydrogen-bond acceptors (Lipinski definition) is 3. The third-order valence-corrected chi connectivity index (χ3v) is 3.49. The maximum absolute atomic E-state index is 13.3. The van der Waals surface area contributed by atoms with Crippen molar-refractivity contribution in [2.45, 2.75) is 6.54 Å². The molecular weight excluding hydrogens is 325 g/mol. The first-order valence-corrected chi connectivity index (χ1v) is 6.66. The van der Waals surface area contributed by atoms with Crippen molar-refractivity contribution < 1.29 is 9.60 Å². The van der Waals surface area contributed by atoms with Crippen LogP contribution in [0.1, 0.15) is 11.1 Å². The lowest BCUT2D eigenvalue weighted by atomic mass is 10.1. The Balaban J connectivity index is 2.24. The van der Waals surface area contributed by atoms with Gasteiger partial charge in [-0.3, -0.25) is 0 Å². The van der Waals surface area contributed by atoms with Crippen LogP contribution in [0.4, 0.5) is 10.1 Å². The summed E-state index contributed by atoms with van der Waals surface area (Å²) in [6, 6.07) is 11.8. The van der Waals surface area contributed by atoms with Crippen molar-refractivity contribution in [1.29, 1.82) is 0 Å². The number of nitrogens with zero attached hydrogens (tertiary/aromatic N) is 1. The fraction of sp³-hybridized carbons (Fsp3) is 0.0714. The van der Waals surface area contributed by atoms with Crippen LogP contribution in [0, 0.1) is 5.82 Å². The number of rotatable bonds is 4. The van der Waals surface area contributed by atoms with Crippen molar-refractivity contribution in [2.24, 2.45) is 10.9 Å². The summed E-state index contributed by atoms with van der Waals surface area (Å²) in [5.74, 6) is -0.551. The fourth-order valence-electron chi connectivity index (χ4n) is 1.79. The molecule has 0 bridgehead atoms. The molecule has 0 saturated heterocycles. The molecular formula is C14H13BrFN3O. The van der Waals surface area contributed by atoms with Crippen LogP contribution < -0.4 is 11.1 Å². The van der Waals surface area contributed by atoms with Crippen LogP contribution in [-0.2, 0) is 6.54 Å². The van der Waals surface area contributed by atoms with Gasteiger partial charge in [-0.2, -0.15) is 0 Å². The molecule has 20 heavy (non-hydrogen) atoms. The van der Waals surface area contributed by atoms with E-state index in [0.717, 1.165) is 15.7 Å². The van der Waals surface area contributed by atoms with Gasteiger partial charge in [0.2, 0.25) is 0 Å². The predicted molar refractivity (Wildman–Crippen MR) is 80.4 cm³/mol. The minimum atomic E-state index is -0.434. The van der Waals surface area contributed by atoms with Gasteiger partial charge in [0.25, 0.3) is 0 Å². The lowest BCUT2D eigenvalue weighted by molar-refractivity contribution is 0.318. The highest BCUT2D eigenvalue weighted by atomic mass is 79.9. The Morgan fingerprint density at radius 1 is 1.30 bits per heavy atom. The van der Waals surface area contributed by atoms with E-state index in [1.54, 1.807) is 6.07 Å². The number of nitrogens with two attached hydrogens (primary N) is 1. The van der Waals surface area contributed by atoms with Gasteiger partial charge in [0.15, 0.2) is 5.84 Å². The lowest BCUT2D eigenvalue weighted by Crippen LogP contribution is -2.17. The van der Waals surface area contributed by atoms with Gasteiger partial charge >= 0.3 is 0 Å². The minimum Gasteiger partial charge on any atom is -0.409 e. The van der Waals surface area contributed by atoms with Gasteiger partial charge in [0.1, 0.15) is 5.82 Å². The minimum absolute atomic E-state index is 0.117. The lowest BCUT2D eigenvalue weighted by Gasteiger charge is -2.12. The van der Waals surface area contributed by atoms with Gasteiger partial charge in [-0.05, 0) is 45.8 Å². The maximum Gasteiger partial charge on any atom is 0.170 e. The fourth-order valence-corrected chi connectivity index (χ4v) is 2.22. The predicted octanol–water partition coefficient (Wildman–Crippen LogP) is 3.29. The van der Waals surface area contributed by atoms with Crippen LogP contribution in [0.3, 0.4) is 0 Å². The Bertz CT molecular complexity index is 646. The van der Waals surface area contributed by atoms with E-state index in [0.29, 0.717) is 12.1 Å². The van der Waals surface area contributed by atoms with Crippen molar-refractivity contribution >= 4 is 27.5 Å². The molecule has 0 heterocycles. The molecule has 4 nitrogen and oxygen atoms in total. The largest absolute Gasteiger partial charge is 0.409 e. The zero-order chi connectivity index (χ0) is 14.5. The van der Waals surface area contributed by atoms with Crippen molar-refractivity contribution in [3.8, 4) is 0 Å². The molecule has 0 fully saturated rings. The van der Waals surface area contributed by atoms with Crippen molar-refractivity contribution in [2.75, 3.05) is 5.32 Å². The normalized spacial score (nSPS) is 11.4. The van der Waals surface area contributed by atoms with Crippen LogP contribution in [0.2, 0.25) is 0 Å². The third-order valence-electron chi connectivity index (χ3n) is 2.80.